The van der Waals surface area contributed by atoms with Crippen LogP contribution in [0.3, 0.4) is 0 Å². The molecule has 0 aliphatic rings. The van der Waals surface area contributed by atoms with E-state index in [2.05, 4.69) is 5.32 Å². The van der Waals surface area contributed by atoms with Crippen LogP contribution in [-0.2, 0) is 21.7 Å². The summed E-state index contributed by atoms with van der Waals surface area (Å²) in [4.78, 5) is 23.5. The molecule has 9 heteroatoms. The number of halogens is 4. The lowest BCUT2D eigenvalue weighted by atomic mass is 9.93. The molecule has 0 saturated carbocycles. The minimum absolute atomic E-state index is 0.116. The summed E-state index contributed by atoms with van der Waals surface area (Å²) in [6.45, 7) is -1.35. The second-order valence-corrected chi connectivity index (χ2v) is 5.72. The Balaban J connectivity index is 1.99. The van der Waals surface area contributed by atoms with Crippen LogP contribution in [0.5, 0.6) is 0 Å². The fourth-order valence-electron chi connectivity index (χ4n) is 2.23. The van der Waals surface area contributed by atoms with E-state index in [9.17, 15) is 32.3 Å². The minimum atomic E-state index is -5.08. The Kier molecular flexibility index (Phi) is 6.17. The van der Waals surface area contributed by atoms with Crippen molar-refractivity contribution in [2.24, 2.45) is 0 Å². The number of carbonyl (C=O) groups excluding carboxylic acids is 2. The molecule has 0 heterocycles. The van der Waals surface area contributed by atoms with Gasteiger partial charge in [-0.25, -0.2) is 4.39 Å². The van der Waals surface area contributed by atoms with E-state index in [1.165, 1.54) is 30.3 Å². The Hall–Kier alpha value is -2.94. The summed E-state index contributed by atoms with van der Waals surface area (Å²) in [7, 11) is 0. The van der Waals surface area contributed by atoms with E-state index in [4.69, 9.17) is 0 Å². The van der Waals surface area contributed by atoms with Gasteiger partial charge in [0, 0.05) is 6.54 Å². The van der Waals surface area contributed by atoms with Gasteiger partial charge in [-0.05, 0) is 23.3 Å². The van der Waals surface area contributed by atoms with E-state index in [1.54, 1.807) is 5.32 Å². The molecule has 0 bridgehead atoms. The van der Waals surface area contributed by atoms with E-state index in [1.807, 2.05) is 0 Å². The van der Waals surface area contributed by atoms with Crippen LogP contribution < -0.4 is 10.6 Å². The molecular formula is C18H16F4N2O3. The first-order chi connectivity index (χ1) is 12.6. The second-order valence-electron chi connectivity index (χ2n) is 5.72. The number of carbonyl (C=O) groups is 2. The van der Waals surface area contributed by atoms with Gasteiger partial charge in [0.1, 0.15) is 5.82 Å². The third-order valence-corrected chi connectivity index (χ3v) is 3.80. The molecule has 5 nitrogen and oxygen atoms in total. The van der Waals surface area contributed by atoms with Gasteiger partial charge in [-0.2, -0.15) is 13.2 Å². The van der Waals surface area contributed by atoms with Crippen LogP contribution in [0.4, 0.5) is 17.6 Å². The molecule has 3 N–H and O–H groups in total. The Morgan fingerprint density at radius 3 is 2.00 bits per heavy atom. The van der Waals surface area contributed by atoms with Crippen LogP contribution in [0.2, 0.25) is 0 Å². The van der Waals surface area contributed by atoms with Crippen molar-refractivity contribution in [2.75, 3.05) is 6.54 Å². The highest BCUT2D eigenvalue weighted by atomic mass is 19.4. The summed E-state index contributed by atoms with van der Waals surface area (Å²) in [5, 5.41) is 14.1. The number of hydrogen-bond acceptors (Lipinski definition) is 3. The van der Waals surface area contributed by atoms with Crippen molar-refractivity contribution in [3.63, 3.8) is 0 Å². The van der Waals surface area contributed by atoms with Crippen LogP contribution >= 0.6 is 0 Å². The van der Waals surface area contributed by atoms with Gasteiger partial charge in [0.05, 0.1) is 6.54 Å². The third kappa shape index (κ3) is 5.04. The topological polar surface area (TPSA) is 78.4 Å². The van der Waals surface area contributed by atoms with E-state index in [0.29, 0.717) is 5.56 Å². The summed E-state index contributed by atoms with van der Waals surface area (Å²) >= 11 is 0. The molecule has 0 aromatic heterocycles. The largest absolute Gasteiger partial charge is 0.423 e. The maximum atomic E-state index is 13.3. The molecule has 0 aliphatic heterocycles. The van der Waals surface area contributed by atoms with Crippen molar-refractivity contribution in [2.45, 2.75) is 18.3 Å². The Morgan fingerprint density at radius 1 is 0.889 bits per heavy atom. The lowest BCUT2D eigenvalue weighted by Gasteiger charge is -2.31. The van der Waals surface area contributed by atoms with Crippen LogP contribution in [0.25, 0.3) is 0 Å². The quantitative estimate of drug-likeness (QED) is 0.545. The van der Waals surface area contributed by atoms with E-state index < -0.39 is 41.5 Å². The summed E-state index contributed by atoms with van der Waals surface area (Å²) in [5.41, 5.74) is -3.32. The van der Waals surface area contributed by atoms with Crippen molar-refractivity contribution < 1.29 is 32.3 Å². The monoisotopic (exact) mass is 384 g/mol. The average molecular weight is 384 g/mol. The number of benzene rings is 2. The third-order valence-electron chi connectivity index (χ3n) is 3.80. The lowest BCUT2D eigenvalue weighted by Crippen LogP contribution is -2.53. The summed E-state index contributed by atoms with van der Waals surface area (Å²) < 4.78 is 52.7. The van der Waals surface area contributed by atoms with Gasteiger partial charge in [-0.3, -0.25) is 9.59 Å². The molecule has 2 amide bonds. The van der Waals surface area contributed by atoms with Gasteiger partial charge in [0.15, 0.2) is 0 Å². The van der Waals surface area contributed by atoms with E-state index in [0.717, 1.165) is 24.3 Å². The normalized spacial score (nSPS) is 13.5. The van der Waals surface area contributed by atoms with Crippen molar-refractivity contribution >= 4 is 11.8 Å². The number of rotatable bonds is 5. The summed E-state index contributed by atoms with van der Waals surface area (Å²) in [6.07, 6.45) is -5.08. The van der Waals surface area contributed by atoms with Crippen molar-refractivity contribution in [1.82, 2.24) is 10.6 Å². The fraction of sp³-hybridized carbons (Fsp3) is 0.222. The summed E-state index contributed by atoms with van der Waals surface area (Å²) in [6, 6.07) is 11.3. The maximum Gasteiger partial charge on any atom is 0.423 e. The second kappa shape index (κ2) is 8.17. The zero-order chi connectivity index (χ0) is 20.1. The first-order valence-corrected chi connectivity index (χ1v) is 7.78. The van der Waals surface area contributed by atoms with Crippen molar-refractivity contribution in [3.05, 3.63) is 71.5 Å². The zero-order valence-electron chi connectivity index (χ0n) is 13.9. The fourth-order valence-corrected chi connectivity index (χ4v) is 2.23. The summed E-state index contributed by atoms with van der Waals surface area (Å²) in [5.74, 6) is -3.00. The number of hydrogen-bond donors (Lipinski definition) is 3. The zero-order valence-corrected chi connectivity index (χ0v) is 13.9. The number of amides is 2. The Morgan fingerprint density at radius 2 is 1.44 bits per heavy atom. The molecule has 0 fully saturated rings. The van der Waals surface area contributed by atoms with Crippen LogP contribution in [0, 0.1) is 5.82 Å². The van der Waals surface area contributed by atoms with Crippen LogP contribution in [-0.4, -0.2) is 29.6 Å². The SMILES string of the molecule is O=C(NCc1ccc(F)cc1)C(=O)NCC(O)(c1ccccc1)C(F)(F)F. The van der Waals surface area contributed by atoms with Crippen LogP contribution in [0.15, 0.2) is 54.6 Å². The average Bonchev–Trinajstić information content (AvgIpc) is 2.64. The highest BCUT2D eigenvalue weighted by Gasteiger charge is 2.55. The smallest absolute Gasteiger partial charge is 0.375 e. The van der Waals surface area contributed by atoms with Gasteiger partial charge in [0.2, 0.25) is 5.60 Å². The Bertz CT molecular complexity index is 795. The predicted molar refractivity (Wildman–Crippen MR) is 87.7 cm³/mol. The molecule has 0 aliphatic carbocycles. The van der Waals surface area contributed by atoms with Gasteiger partial charge >= 0.3 is 18.0 Å². The molecule has 27 heavy (non-hydrogen) atoms. The predicted octanol–water partition coefficient (Wildman–Crippen LogP) is 2.01. The molecular weight excluding hydrogens is 368 g/mol. The first kappa shape index (κ1) is 20.4. The molecule has 1 atom stereocenters. The molecule has 1 unspecified atom stereocenters. The van der Waals surface area contributed by atoms with Crippen LogP contribution in [0.1, 0.15) is 11.1 Å². The number of nitrogens with one attached hydrogen (secondary N) is 2. The van der Waals surface area contributed by atoms with Gasteiger partial charge in [0.25, 0.3) is 0 Å². The highest BCUT2D eigenvalue weighted by Crippen LogP contribution is 2.38. The maximum absolute atomic E-state index is 13.3. The first-order valence-electron chi connectivity index (χ1n) is 7.78. The number of alkyl halides is 3. The molecule has 0 saturated heterocycles. The lowest BCUT2D eigenvalue weighted by molar-refractivity contribution is -0.264. The van der Waals surface area contributed by atoms with Crippen molar-refractivity contribution in [1.29, 1.82) is 0 Å². The van der Waals surface area contributed by atoms with E-state index in [-0.39, 0.29) is 6.54 Å². The number of aliphatic hydroxyl groups is 1. The van der Waals surface area contributed by atoms with Gasteiger partial charge in [-0.15, -0.1) is 0 Å². The molecule has 2 aromatic carbocycles. The Labute approximate surface area is 152 Å². The molecule has 2 rings (SSSR count). The molecule has 144 valence electrons. The van der Waals surface area contributed by atoms with Gasteiger partial charge < -0.3 is 15.7 Å². The van der Waals surface area contributed by atoms with E-state index >= 15 is 0 Å². The molecule has 0 spiro atoms. The minimum Gasteiger partial charge on any atom is -0.375 e. The molecule has 2 aromatic rings. The highest BCUT2D eigenvalue weighted by molar-refractivity contribution is 6.35. The molecule has 0 radical (unpaired) electrons. The standard InChI is InChI=1S/C18H16F4N2O3/c19-14-8-6-12(7-9-14)10-23-15(25)16(26)24-11-17(27,18(20,21)22)13-4-2-1-3-5-13/h1-9,27H,10-11H2,(H,23,25)(H,24,26). The van der Waals surface area contributed by atoms with Gasteiger partial charge in [-0.1, -0.05) is 42.5 Å². The van der Waals surface area contributed by atoms with Crippen molar-refractivity contribution in [3.8, 4) is 0 Å².